The average molecular weight is 270 g/mol. The molecule has 0 unspecified atom stereocenters. The van der Waals surface area contributed by atoms with Crippen LogP contribution in [0.2, 0.25) is 0 Å². The van der Waals surface area contributed by atoms with E-state index in [1.54, 1.807) is 6.07 Å². The van der Waals surface area contributed by atoms with Crippen LogP contribution in [0.15, 0.2) is 39.5 Å². The highest BCUT2D eigenvalue weighted by Crippen LogP contribution is 2.43. The molecule has 2 aromatic rings. The number of rotatable bonds is 2. The predicted octanol–water partition coefficient (Wildman–Crippen LogP) is 3.75. The number of hydrogen-bond acceptors (Lipinski definition) is 3. The highest BCUT2D eigenvalue weighted by Gasteiger charge is 2.35. The molecule has 3 nitrogen and oxygen atoms in total. The summed E-state index contributed by atoms with van der Waals surface area (Å²) in [6, 6.07) is 8.99. The Hall–Kier alpha value is -1.77. The summed E-state index contributed by atoms with van der Waals surface area (Å²) >= 11 is 0. The normalized spacial score (nSPS) is 28.7. The van der Waals surface area contributed by atoms with Gasteiger partial charge in [0, 0.05) is 17.5 Å². The van der Waals surface area contributed by atoms with Crippen LogP contribution in [0.3, 0.4) is 0 Å². The molecule has 3 atom stereocenters. The summed E-state index contributed by atoms with van der Waals surface area (Å²) in [5.74, 6) is 2.53. The van der Waals surface area contributed by atoms with Crippen molar-refractivity contribution in [2.24, 2.45) is 11.8 Å². The molecule has 0 amide bonds. The van der Waals surface area contributed by atoms with Gasteiger partial charge >= 0.3 is 5.63 Å². The Morgan fingerprint density at radius 1 is 1.00 bits per heavy atom. The van der Waals surface area contributed by atoms with E-state index >= 15 is 0 Å². The first-order valence-electron chi connectivity index (χ1n) is 7.47. The molecule has 2 aliphatic rings. The van der Waals surface area contributed by atoms with Crippen molar-refractivity contribution < 1.29 is 9.15 Å². The van der Waals surface area contributed by atoms with Crippen molar-refractivity contribution in [1.29, 1.82) is 0 Å². The lowest BCUT2D eigenvalue weighted by molar-refractivity contribution is 0.119. The van der Waals surface area contributed by atoms with E-state index in [2.05, 4.69) is 0 Å². The van der Waals surface area contributed by atoms with E-state index in [1.165, 1.54) is 38.2 Å². The van der Waals surface area contributed by atoms with Crippen LogP contribution in [-0.2, 0) is 0 Å². The fourth-order valence-corrected chi connectivity index (χ4v) is 3.85. The smallest absolute Gasteiger partial charge is 0.336 e. The van der Waals surface area contributed by atoms with Crippen LogP contribution in [0.1, 0.15) is 32.1 Å². The maximum Gasteiger partial charge on any atom is 0.336 e. The summed E-state index contributed by atoms with van der Waals surface area (Å²) in [4.78, 5) is 11.3. The third-order valence-electron chi connectivity index (χ3n) is 4.74. The van der Waals surface area contributed by atoms with Crippen molar-refractivity contribution in [1.82, 2.24) is 0 Å². The molecule has 1 heterocycles. The first kappa shape index (κ1) is 12.0. The second-order valence-corrected chi connectivity index (χ2v) is 6.21. The van der Waals surface area contributed by atoms with Gasteiger partial charge in [0.1, 0.15) is 11.3 Å². The van der Waals surface area contributed by atoms with Crippen molar-refractivity contribution in [2.75, 3.05) is 0 Å². The van der Waals surface area contributed by atoms with Crippen LogP contribution >= 0.6 is 0 Å². The van der Waals surface area contributed by atoms with Crippen molar-refractivity contribution in [3.8, 4) is 5.75 Å². The van der Waals surface area contributed by atoms with Crippen molar-refractivity contribution in [3.05, 3.63) is 40.8 Å². The molecule has 0 radical (unpaired) electrons. The summed E-state index contributed by atoms with van der Waals surface area (Å²) in [7, 11) is 0. The topological polar surface area (TPSA) is 39.4 Å². The zero-order valence-corrected chi connectivity index (χ0v) is 11.4. The summed E-state index contributed by atoms with van der Waals surface area (Å²) in [5, 5.41) is 0.931. The van der Waals surface area contributed by atoms with Gasteiger partial charge in [0.2, 0.25) is 0 Å². The van der Waals surface area contributed by atoms with Crippen LogP contribution in [0.5, 0.6) is 5.75 Å². The molecule has 2 fully saturated rings. The molecule has 2 aliphatic carbocycles. The van der Waals surface area contributed by atoms with Gasteiger partial charge in [-0.05, 0) is 49.3 Å². The Morgan fingerprint density at radius 2 is 1.75 bits per heavy atom. The quantitative estimate of drug-likeness (QED) is 0.780. The second-order valence-electron chi connectivity index (χ2n) is 6.21. The van der Waals surface area contributed by atoms with Crippen LogP contribution < -0.4 is 10.4 Å². The minimum Gasteiger partial charge on any atom is -0.490 e. The summed E-state index contributed by atoms with van der Waals surface area (Å²) in [5.41, 5.74) is 0.291. The number of benzene rings is 1. The zero-order valence-electron chi connectivity index (χ0n) is 11.4. The summed E-state index contributed by atoms with van der Waals surface area (Å²) in [6.45, 7) is 0. The molecular weight excluding hydrogens is 252 g/mol. The SMILES string of the molecule is O=c1ccc2ccc(O[C@H]3C[C@@H]4CC[C@@H](C4)C3)cc2o1. The highest BCUT2D eigenvalue weighted by molar-refractivity contribution is 5.77. The Morgan fingerprint density at radius 3 is 2.55 bits per heavy atom. The van der Waals surface area contributed by atoms with Crippen LogP contribution in [0.4, 0.5) is 0 Å². The molecule has 3 heteroatoms. The summed E-state index contributed by atoms with van der Waals surface area (Å²) in [6.07, 6.45) is 6.82. The minimum atomic E-state index is -0.314. The maximum absolute atomic E-state index is 11.3. The number of ether oxygens (including phenoxy) is 1. The van der Waals surface area contributed by atoms with E-state index in [-0.39, 0.29) is 5.63 Å². The molecule has 4 rings (SSSR count). The van der Waals surface area contributed by atoms with Crippen molar-refractivity contribution >= 4 is 11.0 Å². The second kappa shape index (κ2) is 4.65. The Balaban J connectivity index is 1.57. The number of hydrogen-bond donors (Lipinski definition) is 0. The van der Waals surface area contributed by atoms with E-state index in [1.807, 2.05) is 18.2 Å². The van der Waals surface area contributed by atoms with E-state index in [4.69, 9.17) is 9.15 Å². The zero-order chi connectivity index (χ0) is 13.5. The molecule has 0 saturated heterocycles. The Kier molecular flexibility index (Phi) is 2.79. The fraction of sp³-hybridized carbons (Fsp3) is 0.471. The van der Waals surface area contributed by atoms with Gasteiger partial charge in [0.15, 0.2) is 0 Å². The van der Waals surface area contributed by atoms with Gasteiger partial charge < -0.3 is 9.15 Å². The van der Waals surface area contributed by atoms with Gasteiger partial charge in [0.25, 0.3) is 0 Å². The van der Waals surface area contributed by atoms with E-state index in [0.29, 0.717) is 11.7 Å². The fourth-order valence-electron chi connectivity index (χ4n) is 3.85. The van der Waals surface area contributed by atoms with Crippen molar-refractivity contribution in [2.45, 2.75) is 38.2 Å². The average Bonchev–Trinajstić information content (AvgIpc) is 2.77. The van der Waals surface area contributed by atoms with Gasteiger partial charge in [-0.3, -0.25) is 0 Å². The largest absolute Gasteiger partial charge is 0.490 e. The van der Waals surface area contributed by atoms with Crippen LogP contribution in [0, 0.1) is 11.8 Å². The maximum atomic E-state index is 11.3. The Labute approximate surface area is 117 Å². The molecule has 1 aromatic carbocycles. The lowest BCUT2D eigenvalue weighted by atomic mass is 9.87. The van der Waals surface area contributed by atoms with Gasteiger partial charge in [-0.25, -0.2) is 4.79 Å². The predicted molar refractivity (Wildman–Crippen MR) is 77.0 cm³/mol. The third kappa shape index (κ3) is 2.21. The van der Waals surface area contributed by atoms with E-state index < -0.39 is 0 Å². The van der Waals surface area contributed by atoms with Gasteiger partial charge in [-0.1, -0.05) is 12.8 Å². The molecule has 104 valence electrons. The molecular formula is C17H18O3. The lowest BCUT2D eigenvalue weighted by Crippen LogP contribution is -2.25. The molecule has 0 N–H and O–H groups in total. The third-order valence-corrected chi connectivity index (χ3v) is 4.74. The lowest BCUT2D eigenvalue weighted by Gasteiger charge is -2.28. The Bertz CT molecular complexity index is 676. The van der Waals surface area contributed by atoms with E-state index in [0.717, 1.165) is 23.0 Å². The first-order chi connectivity index (χ1) is 9.76. The molecule has 0 aliphatic heterocycles. The molecule has 2 bridgehead atoms. The van der Waals surface area contributed by atoms with Crippen LogP contribution in [-0.4, -0.2) is 6.10 Å². The highest BCUT2D eigenvalue weighted by atomic mass is 16.5. The standard InChI is InChI=1S/C17H18O3/c18-17-6-4-13-3-5-14(10-16(13)20-17)19-15-8-11-1-2-12(7-11)9-15/h3-6,10-12,15H,1-2,7-9H2/t11-,12+,15+. The van der Waals surface area contributed by atoms with Gasteiger partial charge in [0.05, 0.1) is 6.10 Å². The first-order valence-corrected chi connectivity index (χ1v) is 7.47. The van der Waals surface area contributed by atoms with E-state index in [9.17, 15) is 4.79 Å². The van der Waals surface area contributed by atoms with Crippen LogP contribution in [0.25, 0.3) is 11.0 Å². The molecule has 1 aromatic heterocycles. The van der Waals surface area contributed by atoms with Gasteiger partial charge in [-0.2, -0.15) is 0 Å². The number of fused-ring (bicyclic) bond motifs is 3. The van der Waals surface area contributed by atoms with Crippen molar-refractivity contribution in [3.63, 3.8) is 0 Å². The summed E-state index contributed by atoms with van der Waals surface area (Å²) < 4.78 is 11.3. The minimum absolute atomic E-state index is 0.314. The van der Waals surface area contributed by atoms with Gasteiger partial charge in [-0.15, -0.1) is 0 Å². The monoisotopic (exact) mass is 270 g/mol. The molecule has 0 spiro atoms. The molecule has 2 saturated carbocycles. The molecule has 20 heavy (non-hydrogen) atoms.